The minimum Gasteiger partial charge on any atom is -0.490 e. The summed E-state index contributed by atoms with van der Waals surface area (Å²) in [5.74, 6) is -1.70. The second-order valence-corrected chi connectivity index (χ2v) is 5.42. The lowest BCUT2D eigenvalue weighted by Crippen LogP contribution is -2.25. The third-order valence-corrected chi connectivity index (χ3v) is 3.82. The van der Waals surface area contributed by atoms with Crippen LogP contribution < -0.4 is 4.74 Å². The predicted molar refractivity (Wildman–Crippen MR) is 88.9 cm³/mol. The molecule has 5 heteroatoms. The van der Waals surface area contributed by atoms with Crippen LogP contribution in [-0.2, 0) is 4.74 Å². The summed E-state index contributed by atoms with van der Waals surface area (Å²) < 4.78 is 24.0. The fourth-order valence-corrected chi connectivity index (χ4v) is 2.27. The van der Waals surface area contributed by atoms with Gasteiger partial charge in [-0.25, -0.2) is 9.18 Å². The molecule has 0 heterocycles. The zero-order valence-electron chi connectivity index (χ0n) is 13.5. The molecule has 0 unspecified atom stereocenters. The Morgan fingerprint density at radius 2 is 2.04 bits per heavy atom. The van der Waals surface area contributed by atoms with E-state index in [-0.39, 0.29) is 28.6 Å². The molecule has 4 nitrogen and oxygen atoms in total. The maximum atomic E-state index is 13.5. The number of hydrogen-bond acceptors (Lipinski definition) is 4. The summed E-state index contributed by atoms with van der Waals surface area (Å²) in [5.41, 5.74) is 0.239. The highest BCUT2D eigenvalue weighted by atomic mass is 19.1. The van der Waals surface area contributed by atoms with E-state index in [0.717, 1.165) is 19.3 Å². The van der Waals surface area contributed by atoms with E-state index < -0.39 is 17.6 Å². The summed E-state index contributed by atoms with van der Waals surface area (Å²) in [4.78, 5) is 24.3. The van der Waals surface area contributed by atoms with Crippen molar-refractivity contribution in [2.45, 2.75) is 25.4 Å². The van der Waals surface area contributed by atoms with E-state index in [9.17, 15) is 14.0 Å². The van der Waals surface area contributed by atoms with Crippen molar-refractivity contribution in [1.82, 2.24) is 0 Å². The Labute approximate surface area is 140 Å². The Hall–Kier alpha value is -2.69. The number of allylic oxidation sites excluding steroid dienone is 4. The van der Waals surface area contributed by atoms with Gasteiger partial charge in [0, 0.05) is 5.56 Å². The summed E-state index contributed by atoms with van der Waals surface area (Å²) >= 11 is 0. The topological polar surface area (TPSA) is 52.6 Å². The largest absolute Gasteiger partial charge is 0.490 e. The number of hydrogen-bond donors (Lipinski definition) is 0. The van der Waals surface area contributed by atoms with E-state index >= 15 is 0 Å². The Kier molecular flexibility index (Phi) is 5.68. The monoisotopic (exact) mass is 330 g/mol. The quantitative estimate of drug-likeness (QED) is 0.326. The van der Waals surface area contributed by atoms with Crippen LogP contribution in [0.3, 0.4) is 0 Å². The van der Waals surface area contributed by atoms with Crippen LogP contribution in [0.25, 0.3) is 0 Å². The summed E-state index contributed by atoms with van der Waals surface area (Å²) in [6.07, 6.45) is 5.42. The highest BCUT2D eigenvalue weighted by Gasteiger charge is 2.24. The van der Waals surface area contributed by atoms with Gasteiger partial charge in [0.25, 0.3) is 0 Å². The molecule has 1 saturated carbocycles. The Morgan fingerprint density at radius 3 is 2.54 bits per heavy atom. The normalized spacial score (nSPS) is 14.5. The molecule has 126 valence electrons. The molecule has 1 aromatic carbocycles. The van der Waals surface area contributed by atoms with Crippen molar-refractivity contribution in [2.75, 3.05) is 7.11 Å². The second-order valence-electron chi connectivity index (χ2n) is 5.42. The van der Waals surface area contributed by atoms with Gasteiger partial charge in [-0.2, -0.15) is 0 Å². The maximum Gasteiger partial charge on any atom is 0.341 e. The van der Waals surface area contributed by atoms with Crippen molar-refractivity contribution < 1.29 is 23.5 Å². The van der Waals surface area contributed by atoms with Gasteiger partial charge in [0.15, 0.2) is 5.78 Å². The van der Waals surface area contributed by atoms with Crippen molar-refractivity contribution in [3.8, 4) is 5.75 Å². The molecule has 0 aromatic heterocycles. The number of methoxy groups -OCH3 is 1. The maximum absolute atomic E-state index is 13.5. The second kappa shape index (κ2) is 7.73. The Balaban J connectivity index is 2.40. The number of ketones is 1. The third kappa shape index (κ3) is 3.79. The number of Topliss-reactive ketones (excluding diaryl/α,β-unsaturated/α-hetero) is 1. The highest BCUT2D eigenvalue weighted by Crippen LogP contribution is 2.30. The Bertz CT molecular complexity index is 714. The molecule has 0 spiro atoms. The summed E-state index contributed by atoms with van der Waals surface area (Å²) in [5, 5.41) is 0. The van der Waals surface area contributed by atoms with Gasteiger partial charge >= 0.3 is 5.97 Å². The van der Waals surface area contributed by atoms with Crippen LogP contribution >= 0.6 is 0 Å². The zero-order valence-corrected chi connectivity index (χ0v) is 13.5. The van der Waals surface area contributed by atoms with Crippen LogP contribution in [0, 0.1) is 0 Å². The molecular weight excluding hydrogens is 311 g/mol. The average Bonchev–Trinajstić information content (AvgIpc) is 2.54. The number of carbonyl (C=O) groups is 2. The van der Waals surface area contributed by atoms with Crippen LogP contribution in [0.2, 0.25) is 0 Å². The molecular formula is C19H19FO4. The number of ether oxygens (including phenoxy) is 2. The fourth-order valence-electron chi connectivity index (χ4n) is 2.27. The van der Waals surface area contributed by atoms with E-state index in [4.69, 9.17) is 9.47 Å². The minimum absolute atomic E-state index is 0.0121. The number of rotatable bonds is 7. The van der Waals surface area contributed by atoms with Crippen LogP contribution in [0.4, 0.5) is 4.39 Å². The van der Waals surface area contributed by atoms with Crippen molar-refractivity contribution in [1.29, 1.82) is 0 Å². The first-order valence-electron chi connectivity index (χ1n) is 7.59. The molecule has 0 amide bonds. The van der Waals surface area contributed by atoms with Crippen molar-refractivity contribution in [3.63, 3.8) is 0 Å². The van der Waals surface area contributed by atoms with Gasteiger partial charge in [-0.15, -0.1) is 0 Å². The lowest BCUT2D eigenvalue weighted by molar-refractivity contribution is 0.0584. The number of benzene rings is 1. The van der Waals surface area contributed by atoms with Crippen molar-refractivity contribution >= 4 is 11.8 Å². The van der Waals surface area contributed by atoms with Gasteiger partial charge in [0.2, 0.25) is 0 Å². The Morgan fingerprint density at radius 1 is 1.33 bits per heavy atom. The van der Waals surface area contributed by atoms with Gasteiger partial charge in [-0.3, -0.25) is 4.79 Å². The van der Waals surface area contributed by atoms with E-state index in [1.54, 1.807) is 0 Å². The molecule has 1 aliphatic rings. The molecule has 0 N–H and O–H groups in total. The average molecular weight is 330 g/mol. The standard InChI is InChI=1S/C19H19FO4/c1-4-6-15(12(2)20)18(21)13-9-10-16(19(22)23-3)17(11-13)24-14-7-5-8-14/h4,6,9-11,14H,1-2,5,7-8H2,3H3/b15-6+. The lowest BCUT2D eigenvalue weighted by Gasteiger charge is -2.27. The van der Waals surface area contributed by atoms with Crippen molar-refractivity contribution in [2.24, 2.45) is 0 Å². The van der Waals surface area contributed by atoms with E-state index in [1.807, 2.05) is 0 Å². The molecule has 0 radical (unpaired) electrons. The van der Waals surface area contributed by atoms with E-state index in [1.165, 1.54) is 37.5 Å². The van der Waals surface area contributed by atoms with Gasteiger partial charge in [0.05, 0.1) is 18.8 Å². The fraction of sp³-hybridized carbons (Fsp3) is 0.263. The first kappa shape index (κ1) is 17.7. The van der Waals surface area contributed by atoms with E-state index in [0.29, 0.717) is 0 Å². The summed E-state index contributed by atoms with van der Waals surface area (Å²) in [7, 11) is 1.27. The smallest absolute Gasteiger partial charge is 0.341 e. The number of halogens is 1. The molecule has 24 heavy (non-hydrogen) atoms. The van der Waals surface area contributed by atoms with Gasteiger partial charge < -0.3 is 9.47 Å². The van der Waals surface area contributed by atoms with Gasteiger partial charge in [0.1, 0.15) is 17.1 Å². The molecule has 0 bridgehead atoms. The lowest BCUT2D eigenvalue weighted by atomic mass is 9.95. The van der Waals surface area contributed by atoms with Gasteiger partial charge in [-0.1, -0.05) is 19.2 Å². The predicted octanol–water partition coefficient (Wildman–Crippen LogP) is 4.18. The highest BCUT2D eigenvalue weighted by molar-refractivity contribution is 6.12. The van der Waals surface area contributed by atoms with E-state index in [2.05, 4.69) is 13.2 Å². The number of esters is 1. The van der Waals surface area contributed by atoms with Crippen LogP contribution in [0.5, 0.6) is 5.75 Å². The molecule has 2 rings (SSSR count). The first-order valence-corrected chi connectivity index (χ1v) is 7.59. The molecule has 1 aromatic rings. The van der Waals surface area contributed by atoms with Crippen LogP contribution in [0.1, 0.15) is 40.0 Å². The SMILES string of the molecule is C=C/C=C(\C(=C)F)C(=O)c1ccc(C(=O)OC)c(OC2CCC2)c1. The summed E-state index contributed by atoms with van der Waals surface area (Å²) in [6, 6.07) is 4.31. The molecule has 0 aliphatic heterocycles. The molecule has 0 saturated heterocycles. The number of carbonyl (C=O) groups excluding carboxylic acids is 2. The molecule has 1 aliphatic carbocycles. The minimum atomic E-state index is -0.849. The van der Waals surface area contributed by atoms with Gasteiger partial charge in [-0.05, 0) is 43.5 Å². The zero-order chi connectivity index (χ0) is 17.7. The van der Waals surface area contributed by atoms with Crippen LogP contribution in [0.15, 0.2) is 54.9 Å². The molecule has 1 fully saturated rings. The van der Waals surface area contributed by atoms with Crippen LogP contribution in [-0.4, -0.2) is 25.0 Å². The third-order valence-electron chi connectivity index (χ3n) is 3.82. The summed E-state index contributed by atoms with van der Waals surface area (Å²) in [6.45, 7) is 6.62. The first-order chi connectivity index (χ1) is 11.5. The molecule has 0 atom stereocenters. The van der Waals surface area contributed by atoms with Crippen molar-refractivity contribution in [3.05, 3.63) is 66.0 Å².